The van der Waals surface area contributed by atoms with E-state index in [1.165, 1.54) is 12.1 Å². The third-order valence-corrected chi connectivity index (χ3v) is 3.60. The molecule has 0 aliphatic carbocycles. The number of hydrogen-bond acceptors (Lipinski definition) is 4. The van der Waals surface area contributed by atoms with Crippen molar-refractivity contribution < 1.29 is 8.91 Å². The molecule has 0 radical (unpaired) electrons. The first-order valence-corrected chi connectivity index (χ1v) is 6.99. The van der Waals surface area contributed by atoms with Gasteiger partial charge in [0, 0.05) is 15.7 Å². The van der Waals surface area contributed by atoms with Crippen LogP contribution in [0.5, 0.6) is 0 Å². The molecule has 21 heavy (non-hydrogen) atoms. The van der Waals surface area contributed by atoms with Gasteiger partial charge in [-0.15, -0.1) is 0 Å². The van der Waals surface area contributed by atoms with Crippen LogP contribution in [-0.2, 0) is 0 Å². The van der Waals surface area contributed by atoms with Gasteiger partial charge in [-0.2, -0.15) is 4.98 Å². The summed E-state index contributed by atoms with van der Waals surface area (Å²) in [6.07, 6.45) is 0. The lowest BCUT2D eigenvalue weighted by molar-refractivity contribution is 0.432. The molecule has 3 rings (SSSR count). The predicted molar refractivity (Wildman–Crippen MR) is 82.0 cm³/mol. The van der Waals surface area contributed by atoms with Crippen molar-refractivity contribution in [1.82, 2.24) is 10.1 Å². The van der Waals surface area contributed by atoms with E-state index in [4.69, 9.17) is 10.3 Å². The van der Waals surface area contributed by atoms with E-state index in [9.17, 15) is 4.39 Å². The zero-order chi connectivity index (χ0) is 15.0. The fraction of sp³-hybridized carbons (Fsp3) is 0.0667. The van der Waals surface area contributed by atoms with E-state index < -0.39 is 0 Å². The zero-order valence-electron chi connectivity index (χ0n) is 11.1. The van der Waals surface area contributed by atoms with Gasteiger partial charge in [0.15, 0.2) is 0 Å². The number of nitrogens with zero attached hydrogens (tertiary/aromatic N) is 2. The first kappa shape index (κ1) is 13.8. The smallest absolute Gasteiger partial charge is 0.260 e. The molecule has 4 nitrogen and oxygen atoms in total. The summed E-state index contributed by atoms with van der Waals surface area (Å²) in [6, 6.07) is 9.83. The first-order chi connectivity index (χ1) is 10.0. The van der Waals surface area contributed by atoms with Gasteiger partial charge >= 0.3 is 0 Å². The summed E-state index contributed by atoms with van der Waals surface area (Å²) >= 11 is 3.34. The number of aryl methyl sites for hydroxylation is 1. The minimum Gasteiger partial charge on any atom is -0.398 e. The average molecular weight is 348 g/mol. The van der Waals surface area contributed by atoms with Gasteiger partial charge in [0.25, 0.3) is 5.89 Å². The van der Waals surface area contributed by atoms with Crippen LogP contribution >= 0.6 is 15.9 Å². The highest BCUT2D eigenvalue weighted by Crippen LogP contribution is 2.30. The van der Waals surface area contributed by atoms with Gasteiger partial charge in [-0.3, -0.25) is 0 Å². The lowest BCUT2D eigenvalue weighted by atomic mass is 10.1. The Kier molecular flexibility index (Phi) is 3.47. The van der Waals surface area contributed by atoms with Gasteiger partial charge in [-0.1, -0.05) is 27.2 Å². The number of anilines is 1. The summed E-state index contributed by atoms with van der Waals surface area (Å²) in [4.78, 5) is 4.30. The number of aromatic nitrogens is 2. The van der Waals surface area contributed by atoms with Crippen molar-refractivity contribution in [3.05, 3.63) is 52.3 Å². The molecule has 0 spiro atoms. The maximum absolute atomic E-state index is 13.4. The van der Waals surface area contributed by atoms with Crippen LogP contribution < -0.4 is 5.73 Å². The number of halogens is 2. The molecule has 0 fully saturated rings. The second-order valence-electron chi connectivity index (χ2n) is 4.61. The second-order valence-corrected chi connectivity index (χ2v) is 5.53. The van der Waals surface area contributed by atoms with Gasteiger partial charge in [0.2, 0.25) is 5.82 Å². The zero-order valence-corrected chi connectivity index (χ0v) is 12.7. The summed E-state index contributed by atoms with van der Waals surface area (Å²) < 4.78 is 19.5. The molecule has 0 aliphatic heterocycles. The predicted octanol–water partition coefficient (Wildman–Crippen LogP) is 4.20. The van der Waals surface area contributed by atoms with Crippen molar-refractivity contribution >= 4 is 21.6 Å². The van der Waals surface area contributed by atoms with Crippen molar-refractivity contribution in [2.24, 2.45) is 0 Å². The minimum absolute atomic E-state index is 0.304. The summed E-state index contributed by atoms with van der Waals surface area (Å²) in [5.74, 6) is 0.299. The number of hydrogen-bond donors (Lipinski definition) is 1. The van der Waals surface area contributed by atoms with Crippen molar-refractivity contribution in [2.45, 2.75) is 6.92 Å². The molecule has 6 heteroatoms. The second kappa shape index (κ2) is 5.29. The van der Waals surface area contributed by atoms with Crippen molar-refractivity contribution in [1.29, 1.82) is 0 Å². The van der Waals surface area contributed by atoms with E-state index >= 15 is 0 Å². The maximum Gasteiger partial charge on any atom is 0.260 e. The minimum atomic E-state index is -0.342. The molecule has 0 saturated carbocycles. The highest BCUT2D eigenvalue weighted by Gasteiger charge is 2.15. The SMILES string of the molecule is Cc1ccc(F)cc1-c1noc(-c2ccc(Br)cc2N)n1. The quantitative estimate of drug-likeness (QED) is 0.705. The molecule has 106 valence electrons. The standard InChI is InChI=1S/C15H11BrFN3O/c1-8-2-4-10(17)7-12(8)14-19-15(21-20-14)11-5-3-9(16)6-13(11)18/h2-7H,18H2,1H3. The molecule has 2 aromatic carbocycles. The Bertz CT molecular complexity index is 816. The van der Waals surface area contributed by atoms with Gasteiger partial charge in [0.1, 0.15) is 5.82 Å². The van der Waals surface area contributed by atoms with Crippen molar-refractivity contribution in [2.75, 3.05) is 5.73 Å². The molecular formula is C15H11BrFN3O. The highest BCUT2D eigenvalue weighted by molar-refractivity contribution is 9.10. The van der Waals surface area contributed by atoms with Crippen LogP contribution in [0.25, 0.3) is 22.8 Å². The Balaban J connectivity index is 2.06. The Hall–Kier alpha value is -2.21. The van der Waals surface area contributed by atoms with Crippen LogP contribution in [0.3, 0.4) is 0 Å². The molecule has 0 unspecified atom stereocenters. The van der Waals surface area contributed by atoms with Gasteiger partial charge < -0.3 is 10.3 Å². The molecule has 1 aromatic heterocycles. The molecule has 2 N–H and O–H groups in total. The van der Waals surface area contributed by atoms with Crippen molar-refractivity contribution in [3.8, 4) is 22.8 Å². The molecule has 0 aliphatic rings. The van der Waals surface area contributed by atoms with E-state index in [2.05, 4.69) is 26.1 Å². The van der Waals surface area contributed by atoms with E-state index in [-0.39, 0.29) is 5.82 Å². The first-order valence-electron chi connectivity index (χ1n) is 6.20. The van der Waals surface area contributed by atoms with Crippen LogP contribution in [0.15, 0.2) is 45.4 Å². The molecule has 3 aromatic rings. The van der Waals surface area contributed by atoms with E-state index in [1.807, 2.05) is 13.0 Å². The topological polar surface area (TPSA) is 64.9 Å². The number of nitrogens with two attached hydrogens (primary N) is 1. The van der Waals surface area contributed by atoms with Crippen LogP contribution in [-0.4, -0.2) is 10.1 Å². The average Bonchev–Trinajstić information content (AvgIpc) is 2.91. The normalized spacial score (nSPS) is 10.8. The van der Waals surface area contributed by atoms with Gasteiger partial charge in [-0.25, -0.2) is 4.39 Å². The third kappa shape index (κ3) is 2.67. The van der Waals surface area contributed by atoms with Crippen molar-refractivity contribution in [3.63, 3.8) is 0 Å². The summed E-state index contributed by atoms with van der Waals surface area (Å²) in [5.41, 5.74) is 8.57. The molecular weight excluding hydrogens is 337 g/mol. The Morgan fingerprint density at radius 3 is 2.71 bits per heavy atom. The molecule has 0 amide bonds. The van der Waals surface area contributed by atoms with E-state index in [0.717, 1.165) is 10.0 Å². The summed E-state index contributed by atoms with van der Waals surface area (Å²) in [6.45, 7) is 1.86. The van der Waals surface area contributed by atoms with Gasteiger partial charge in [-0.05, 0) is 42.8 Å². The van der Waals surface area contributed by atoms with Crippen LogP contribution in [0, 0.1) is 12.7 Å². The van der Waals surface area contributed by atoms with Crippen LogP contribution in [0.2, 0.25) is 0 Å². The van der Waals surface area contributed by atoms with Gasteiger partial charge in [0.05, 0.1) is 5.56 Å². The maximum atomic E-state index is 13.4. The third-order valence-electron chi connectivity index (χ3n) is 3.11. The fourth-order valence-electron chi connectivity index (χ4n) is 2.01. The lowest BCUT2D eigenvalue weighted by Gasteiger charge is -2.01. The summed E-state index contributed by atoms with van der Waals surface area (Å²) in [7, 11) is 0. The number of rotatable bonds is 2. The molecule has 0 bridgehead atoms. The van der Waals surface area contributed by atoms with E-state index in [1.54, 1.807) is 18.2 Å². The Morgan fingerprint density at radius 2 is 1.95 bits per heavy atom. The summed E-state index contributed by atoms with van der Waals surface area (Å²) in [5, 5.41) is 3.91. The molecule has 0 saturated heterocycles. The lowest BCUT2D eigenvalue weighted by Crippen LogP contribution is -1.91. The number of benzene rings is 2. The fourth-order valence-corrected chi connectivity index (χ4v) is 2.38. The van der Waals surface area contributed by atoms with E-state index in [0.29, 0.717) is 28.5 Å². The highest BCUT2D eigenvalue weighted by atomic mass is 79.9. The number of nitrogen functional groups attached to an aromatic ring is 1. The monoisotopic (exact) mass is 347 g/mol. The van der Waals surface area contributed by atoms with Crippen LogP contribution in [0.4, 0.5) is 10.1 Å². The largest absolute Gasteiger partial charge is 0.398 e. The molecule has 0 atom stereocenters. The van der Waals surface area contributed by atoms with Crippen LogP contribution in [0.1, 0.15) is 5.56 Å². The Morgan fingerprint density at radius 1 is 1.14 bits per heavy atom. The Labute approximate surface area is 128 Å². The molecule has 1 heterocycles.